The third-order valence-corrected chi connectivity index (χ3v) is 7.33. The number of amides is 1. The summed E-state index contributed by atoms with van der Waals surface area (Å²) in [7, 11) is 3.35. The van der Waals surface area contributed by atoms with Gasteiger partial charge in [-0.2, -0.15) is 0 Å². The zero-order valence-corrected chi connectivity index (χ0v) is 18.1. The van der Waals surface area contributed by atoms with Gasteiger partial charge < -0.3 is 10.1 Å². The number of hydrogen-bond acceptors (Lipinski definition) is 6. The highest BCUT2D eigenvalue weighted by Crippen LogP contribution is 2.34. The maximum Gasteiger partial charge on any atom is 0.262 e. The molecule has 0 radical (unpaired) electrons. The maximum atomic E-state index is 12.9. The maximum absolute atomic E-state index is 12.9. The van der Waals surface area contributed by atoms with Crippen molar-refractivity contribution in [1.82, 2.24) is 14.9 Å². The van der Waals surface area contributed by atoms with Crippen LogP contribution in [0.25, 0.3) is 10.2 Å². The van der Waals surface area contributed by atoms with Gasteiger partial charge in [-0.3, -0.25) is 14.2 Å². The Hall–Kier alpha value is -2.32. The van der Waals surface area contributed by atoms with E-state index in [0.717, 1.165) is 40.8 Å². The third-order valence-electron chi connectivity index (χ3n) is 5.11. The molecule has 0 atom stereocenters. The molecule has 0 saturated heterocycles. The molecule has 8 heteroatoms. The second-order valence-corrected chi connectivity index (χ2v) is 9.09. The van der Waals surface area contributed by atoms with Crippen molar-refractivity contribution < 1.29 is 9.53 Å². The van der Waals surface area contributed by atoms with Crippen LogP contribution in [-0.2, 0) is 31.2 Å². The fourth-order valence-electron chi connectivity index (χ4n) is 3.56. The number of hydrogen-bond donors (Lipinski definition) is 1. The summed E-state index contributed by atoms with van der Waals surface area (Å²) < 4.78 is 6.77. The van der Waals surface area contributed by atoms with Gasteiger partial charge in [-0.1, -0.05) is 23.9 Å². The van der Waals surface area contributed by atoms with Crippen LogP contribution in [0.1, 0.15) is 28.8 Å². The van der Waals surface area contributed by atoms with E-state index in [1.54, 1.807) is 30.1 Å². The molecule has 0 fully saturated rings. The number of rotatable bonds is 6. The number of benzene rings is 1. The van der Waals surface area contributed by atoms with Crippen LogP contribution in [0.5, 0.6) is 5.75 Å². The molecular formula is C21H23N3O3S2. The SMILES string of the molecule is COc1cccc(CNC(=O)CSc2nc3sc4c(c3c(=O)n2C)CCCC4)c1. The molecule has 1 aliphatic rings. The first-order valence-corrected chi connectivity index (χ1v) is 11.4. The van der Waals surface area contributed by atoms with Crippen LogP contribution in [0.3, 0.4) is 0 Å². The Morgan fingerprint density at radius 2 is 2.17 bits per heavy atom. The van der Waals surface area contributed by atoms with E-state index >= 15 is 0 Å². The number of nitrogens with zero attached hydrogens (tertiary/aromatic N) is 2. The normalized spacial score (nSPS) is 13.3. The number of aryl methyl sites for hydroxylation is 2. The van der Waals surface area contributed by atoms with E-state index in [0.29, 0.717) is 11.7 Å². The second kappa shape index (κ2) is 8.59. The van der Waals surface area contributed by atoms with E-state index in [2.05, 4.69) is 5.32 Å². The average Bonchev–Trinajstić information content (AvgIpc) is 3.12. The van der Waals surface area contributed by atoms with Gasteiger partial charge in [0.15, 0.2) is 5.16 Å². The van der Waals surface area contributed by atoms with Crippen LogP contribution in [0.4, 0.5) is 0 Å². The lowest BCUT2D eigenvalue weighted by molar-refractivity contribution is -0.118. The monoisotopic (exact) mass is 429 g/mol. The highest BCUT2D eigenvalue weighted by Gasteiger charge is 2.21. The molecule has 1 amide bonds. The summed E-state index contributed by atoms with van der Waals surface area (Å²) in [5.74, 6) is 0.871. The molecule has 2 aromatic heterocycles. The molecule has 0 saturated carbocycles. The van der Waals surface area contributed by atoms with Gasteiger partial charge in [0.2, 0.25) is 5.91 Å². The quantitative estimate of drug-likeness (QED) is 0.481. The van der Waals surface area contributed by atoms with Crippen LogP contribution >= 0.6 is 23.1 Å². The number of nitrogens with one attached hydrogen (secondary N) is 1. The number of thioether (sulfide) groups is 1. The van der Waals surface area contributed by atoms with E-state index < -0.39 is 0 Å². The summed E-state index contributed by atoms with van der Waals surface area (Å²) in [6.45, 7) is 0.430. The Morgan fingerprint density at radius 1 is 1.34 bits per heavy atom. The smallest absolute Gasteiger partial charge is 0.262 e. The molecule has 0 aliphatic heterocycles. The summed E-state index contributed by atoms with van der Waals surface area (Å²) in [5, 5.41) is 4.26. The van der Waals surface area contributed by atoms with E-state index in [1.807, 2.05) is 24.3 Å². The van der Waals surface area contributed by atoms with Gasteiger partial charge in [-0.25, -0.2) is 4.98 Å². The topological polar surface area (TPSA) is 73.2 Å². The molecule has 0 unspecified atom stereocenters. The van der Waals surface area contributed by atoms with Crippen LogP contribution in [0.2, 0.25) is 0 Å². The van der Waals surface area contributed by atoms with Gasteiger partial charge in [0.05, 0.1) is 18.2 Å². The first kappa shape index (κ1) is 20.0. The molecule has 0 bridgehead atoms. The lowest BCUT2D eigenvalue weighted by atomic mass is 9.97. The molecule has 4 rings (SSSR count). The number of fused-ring (bicyclic) bond motifs is 3. The zero-order valence-electron chi connectivity index (χ0n) is 16.5. The largest absolute Gasteiger partial charge is 0.497 e. The van der Waals surface area contributed by atoms with Crippen molar-refractivity contribution >= 4 is 39.2 Å². The first-order valence-electron chi connectivity index (χ1n) is 9.60. The predicted molar refractivity (Wildman–Crippen MR) is 117 cm³/mol. The Kier molecular flexibility index (Phi) is 5.91. The minimum absolute atomic E-state index is 0.00584. The number of thiophene rings is 1. The average molecular weight is 430 g/mol. The van der Waals surface area contributed by atoms with Gasteiger partial charge >= 0.3 is 0 Å². The Morgan fingerprint density at radius 3 is 3.00 bits per heavy atom. The van der Waals surface area contributed by atoms with Gasteiger partial charge in [-0.05, 0) is 48.9 Å². The molecule has 152 valence electrons. The molecule has 2 heterocycles. The minimum atomic E-state index is -0.0994. The molecule has 29 heavy (non-hydrogen) atoms. The van der Waals surface area contributed by atoms with Crippen molar-refractivity contribution in [2.45, 2.75) is 37.4 Å². The van der Waals surface area contributed by atoms with E-state index in [-0.39, 0.29) is 17.2 Å². The van der Waals surface area contributed by atoms with Crippen molar-refractivity contribution in [2.24, 2.45) is 7.05 Å². The third kappa shape index (κ3) is 4.18. The van der Waals surface area contributed by atoms with Crippen molar-refractivity contribution in [3.05, 3.63) is 50.6 Å². The van der Waals surface area contributed by atoms with E-state index in [9.17, 15) is 9.59 Å². The highest BCUT2D eigenvalue weighted by atomic mass is 32.2. The molecule has 1 N–H and O–H groups in total. The van der Waals surface area contributed by atoms with Crippen molar-refractivity contribution in [1.29, 1.82) is 0 Å². The number of carbonyl (C=O) groups is 1. The highest BCUT2D eigenvalue weighted by molar-refractivity contribution is 7.99. The first-order chi connectivity index (χ1) is 14.1. The van der Waals surface area contributed by atoms with Gasteiger partial charge in [0.25, 0.3) is 5.56 Å². The Balaban J connectivity index is 1.44. The Labute approximate surface area is 177 Å². The zero-order chi connectivity index (χ0) is 20.4. The van der Waals surface area contributed by atoms with Crippen LogP contribution in [-0.4, -0.2) is 28.3 Å². The molecule has 1 aromatic carbocycles. The predicted octanol–water partition coefficient (Wildman–Crippen LogP) is 3.29. The van der Waals surface area contributed by atoms with Gasteiger partial charge in [0.1, 0.15) is 10.6 Å². The van der Waals surface area contributed by atoms with Crippen molar-refractivity contribution in [3.8, 4) is 5.75 Å². The standard InChI is InChI=1S/C21H23N3O3S2/c1-24-20(26)18-15-8-3-4-9-16(15)29-19(18)23-21(24)28-12-17(25)22-11-13-6-5-7-14(10-13)27-2/h5-7,10H,3-4,8-9,11-12H2,1-2H3,(H,22,25). The van der Waals surface area contributed by atoms with Crippen LogP contribution in [0, 0.1) is 0 Å². The molecule has 3 aromatic rings. The molecular weight excluding hydrogens is 406 g/mol. The van der Waals surface area contributed by atoms with Crippen LogP contribution < -0.4 is 15.6 Å². The molecule has 6 nitrogen and oxygen atoms in total. The number of methoxy groups -OCH3 is 1. The Bertz CT molecular complexity index is 1120. The van der Waals surface area contributed by atoms with Gasteiger partial charge in [0, 0.05) is 18.5 Å². The number of aromatic nitrogens is 2. The van der Waals surface area contributed by atoms with Crippen molar-refractivity contribution in [2.75, 3.05) is 12.9 Å². The lowest BCUT2D eigenvalue weighted by Crippen LogP contribution is -2.26. The van der Waals surface area contributed by atoms with Crippen LogP contribution in [0.15, 0.2) is 34.2 Å². The summed E-state index contributed by atoms with van der Waals surface area (Å²) in [6, 6.07) is 7.59. The van der Waals surface area contributed by atoms with Gasteiger partial charge in [-0.15, -0.1) is 11.3 Å². The summed E-state index contributed by atoms with van der Waals surface area (Å²) in [6.07, 6.45) is 4.31. The molecule has 1 aliphatic carbocycles. The number of ether oxygens (including phenoxy) is 1. The van der Waals surface area contributed by atoms with E-state index in [1.165, 1.54) is 28.6 Å². The lowest BCUT2D eigenvalue weighted by Gasteiger charge is -2.11. The summed E-state index contributed by atoms with van der Waals surface area (Å²) in [5.41, 5.74) is 2.16. The fraction of sp³-hybridized carbons (Fsp3) is 0.381. The number of carbonyl (C=O) groups excluding carboxylic acids is 1. The summed E-state index contributed by atoms with van der Waals surface area (Å²) >= 11 is 2.93. The van der Waals surface area contributed by atoms with E-state index in [4.69, 9.17) is 9.72 Å². The fourth-order valence-corrected chi connectivity index (χ4v) is 5.66. The molecule has 0 spiro atoms. The minimum Gasteiger partial charge on any atom is -0.497 e. The summed E-state index contributed by atoms with van der Waals surface area (Å²) in [4.78, 5) is 32.0. The van der Waals surface area contributed by atoms with Crippen molar-refractivity contribution in [3.63, 3.8) is 0 Å². The second-order valence-electron chi connectivity index (χ2n) is 7.07.